The third-order valence-electron chi connectivity index (χ3n) is 5.54. The quantitative estimate of drug-likeness (QED) is 0.339. The van der Waals surface area contributed by atoms with E-state index in [4.69, 9.17) is 4.74 Å². The van der Waals surface area contributed by atoms with E-state index in [1.165, 1.54) is 23.1 Å². The first kappa shape index (κ1) is 23.1. The molecule has 0 spiro atoms. The van der Waals surface area contributed by atoms with Gasteiger partial charge in [0.25, 0.3) is 5.91 Å². The average Bonchev–Trinajstić information content (AvgIpc) is 3.60. The Morgan fingerprint density at radius 1 is 0.971 bits per heavy atom. The standard InChI is InChI=1S/C26H22N4O3S2/c31-23(29(25-28-15-16-34-25)21-9-5-2-6-10-21)22-18-35-24(20-11-13-27-14-12-20)30(22)26(32)33-17-19-7-3-1-4-8-19/h1-16,22,24H,17-18H2. The van der Waals surface area contributed by atoms with Gasteiger partial charge in [-0.2, -0.15) is 0 Å². The van der Waals surface area contributed by atoms with Crippen LogP contribution in [0.2, 0.25) is 0 Å². The number of ether oxygens (including phenoxy) is 1. The van der Waals surface area contributed by atoms with Gasteiger partial charge < -0.3 is 4.74 Å². The third kappa shape index (κ3) is 5.06. The summed E-state index contributed by atoms with van der Waals surface area (Å²) in [4.78, 5) is 39.1. The number of hydrogen-bond donors (Lipinski definition) is 0. The van der Waals surface area contributed by atoms with Gasteiger partial charge in [0.1, 0.15) is 18.0 Å². The van der Waals surface area contributed by atoms with Crippen LogP contribution in [0, 0.1) is 0 Å². The summed E-state index contributed by atoms with van der Waals surface area (Å²) < 4.78 is 5.69. The van der Waals surface area contributed by atoms with Crippen molar-refractivity contribution in [1.82, 2.24) is 14.9 Å². The number of aromatic nitrogens is 2. The first-order valence-corrected chi connectivity index (χ1v) is 12.9. The lowest BCUT2D eigenvalue weighted by Gasteiger charge is -2.31. The van der Waals surface area contributed by atoms with Crippen LogP contribution in [-0.2, 0) is 16.1 Å². The molecule has 2 aromatic heterocycles. The number of amides is 2. The molecule has 1 saturated heterocycles. The van der Waals surface area contributed by atoms with Crippen molar-refractivity contribution in [2.45, 2.75) is 18.0 Å². The molecule has 4 aromatic rings. The Kier molecular flexibility index (Phi) is 7.06. The molecule has 7 nitrogen and oxygen atoms in total. The maximum absolute atomic E-state index is 14.0. The molecular weight excluding hydrogens is 480 g/mol. The number of carbonyl (C=O) groups is 2. The zero-order chi connectivity index (χ0) is 24.0. The first-order chi connectivity index (χ1) is 17.2. The summed E-state index contributed by atoms with van der Waals surface area (Å²) in [5, 5.41) is 2.01. The van der Waals surface area contributed by atoms with Crippen LogP contribution in [0.5, 0.6) is 0 Å². The molecule has 2 atom stereocenters. The number of nitrogens with zero attached hydrogens (tertiary/aromatic N) is 4. The Bertz CT molecular complexity index is 1260. The minimum atomic E-state index is -0.731. The molecule has 0 N–H and O–H groups in total. The summed E-state index contributed by atoms with van der Waals surface area (Å²) in [6.07, 6.45) is 4.50. The minimum Gasteiger partial charge on any atom is -0.444 e. The Labute approximate surface area is 211 Å². The Morgan fingerprint density at radius 3 is 2.37 bits per heavy atom. The van der Waals surface area contributed by atoms with Crippen molar-refractivity contribution in [3.8, 4) is 0 Å². The molecule has 0 bridgehead atoms. The highest BCUT2D eigenvalue weighted by atomic mass is 32.2. The number of hydrogen-bond acceptors (Lipinski definition) is 7. The van der Waals surface area contributed by atoms with Gasteiger partial charge in [-0.05, 0) is 35.4 Å². The highest BCUT2D eigenvalue weighted by Crippen LogP contribution is 2.43. The molecule has 3 heterocycles. The Hall–Kier alpha value is -3.69. The predicted octanol–water partition coefficient (Wildman–Crippen LogP) is 5.66. The van der Waals surface area contributed by atoms with E-state index in [2.05, 4.69) is 9.97 Å². The van der Waals surface area contributed by atoms with Gasteiger partial charge in [0, 0.05) is 29.7 Å². The molecule has 9 heteroatoms. The zero-order valence-electron chi connectivity index (χ0n) is 18.6. The fourth-order valence-corrected chi connectivity index (χ4v) is 5.96. The molecular formula is C26H22N4O3S2. The van der Waals surface area contributed by atoms with E-state index in [-0.39, 0.29) is 17.9 Å². The largest absolute Gasteiger partial charge is 0.444 e. The van der Waals surface area contributed by atoms with Gasteiger partial charge in [0.05, 0.1) is 5.69 Å². The Balaban J connectivity index is 1.46. The highest BCUT2D eigenvalue weighted by molar-refractivity contribution is 7.99. The smallest absolute Gasteiger partial charge is 0.412 e. The second kappa shape index (κ2) is 10.7. The van der Waals surface area contributed by atoms with E-state index in [1.807, 2.05) is 78.2 Å². The van der Waals surface area contributed by atoms with Crippen LogP contribution in [-0.4, -0.2) is 38.7 Å². The molecule has 0 radical (unpaired) electrons. The number of thioether (sulfide) groups is 1. The lowest BCUT2D eigenvalue weighted by Crippen LogP contribution is -2.48. The third-order valence-corrected chi connectivity index (χ3v) is 7.62. The van der Waals surface area contributed by atoms with Crippen molar-refractivity contribution in [2.75, 3.05) is 10.7 Å². The summed E-state index contributed by atoms with van der Waals surface area (Å²) in [7, 11) is 0. The van der Waals surface area contributed by atoms with Gasteiger partial charge in [0.2, 0.25) is 0 Å². The SMILES string of the molecule is O=C(C1CSC(c2ccncc2)N1C(=O)OCc1ccccc1)N(c1ccccc1)c1nccs1. The molecule has 1 aliphatic heterocycles. The molecule has 1 fully saturated rings. The van der Waals surface area contributed by atoms with Crippen LogP contribution < -0.4 is 4.90 Å². The normalized spacial score (nSPS) is 17.2. The second-order valence-electron chi connectivity index (χ2n) is 7.75. The van der Waals surface area contributed by atoms with Crippen molar-refractivity contribution in [3.05, 3.63) is 108 Å². The van der Waals surface area contributed by atoms with E-state index in [0.717, 1.165) is 11.1 Å². The second-order valence-corrected chi connectivity index (χ2v) is 9.74. The number of anilines is 2. The molecule has 0 saturated carbocycles. The zero-order valence-corrected chi connectivity index (χ0v) is 20.3. The molecule has 5 rings (SSSR count). The van der Waals surface area contributed by atoms with E-state index in [9.17, 15) is 9.59 Å². The van der Waals surface area contributed by atoms with Gasteiger partial charge in [-0.15, -0.1) is 23.1 Å². The van der Waals surface area contributed by atoms with E-state index >= 15 is 0 Å². The van der Waals surface area contributed by atoms with E-state index in [1.54, 1.807) is 28.4 Å². The number of pyridine rings is 1. The molecule has 2 unspecified atom stereocenters. The first-order valence-electron chi connectivity index (χ1n) is 11.0. The summed E-state index contributed by atoms with van der Waals surface area (Å²) >= 11 is 2.90. The van der Waals surface area contributed by atoms with Gasteiger partial charge in [-0.1, -0.05) is 48.5 Å². The lowest BCUT2D eigenvalue weighted by molar-refractivity contribution is -0.121. The molecule has 0 aliphatic carbocycles. The fourth-order valence-electron chi connectivity index (χ4n) is 3.88. The fraction of sp³-hybridized carbons (Fsp3) is 0.154. The van der Waals surface area contributed by atoms with Crippen molar-refractivity contribution in [3.63, 3.8) is 0 Å². The number of carbonyl (C=O) groups excluding carboxylic acids is 2. The van der Waals surface area contributed by atoms with Gasteiger partial charge in [-0.3, -0.25) is 19.6 Å². The predicted molar refractivity (Wildman–Crippen MR) is 137 cm³/mol. The van der Waals surface area contributed by atoms with Gasteiger partial charge in [0.15, 0.2) is 5.13 Å². The summed E-state index contributed by atoms with van der Waals surface area (Å²) in [5.41, 5.74) is 2.46. The van der Waals surface area contributed by atoms with Crippen molar-refractivity contribution >= 4 is 45.9 Å². The van der Waals surface area contributed by atoms with E-state index in [0.29, 0.717) is 16.6 Å². The summed E-state index contributed by atoms with van der Waals surface area (Å²) in [5.74, 6) is 0.202. The summed E-state index contributed by atoms with van der Waals surface area (Å²) in [6.45, 7) is 0.125. The molecule has 1 aliphatic rings. The van der Waals surface area contributed by atoms with Crippen LogP contribution >= 0.6 is 23.1 Å². The molecule has 2 aromatic carbocycles. The van der Waals surface area contributed by atoms with E-state index < -0.39 is 12.1 Å². The number of para-hydroxylation sites is 1. The topological polar surface area (TPSA) is 75.6 Å². The number of rotatable bonds is 6. The van der Waals surface area contributed by atoms with Crippen LogP contribution in [0.15, 0.2) is 96.8 Å². The van der Waals surface area contributed by atoms with Gasteiger partial charge >= 0.3 is 6.09 Å². The number of benzene rings is 2. The molecule has 35 heavy (non-hydrogen) atoms. The minimum absolute atomic E-state index is 0.125. The highest BCUT2D eigenvalue weighted by Gasteiger charge is 2.45. The summed E-state index contributed by atoms with van der Waals surface area (Å²) in [6, 6.07) is 21.8. The van der Waals surface area contributed by atoms with Crippen LogP contribution in [0.25, 0.3) is 0 Å². The molecule has 176 valence electrons. The molecule has 2 amide bonds. The monoisotopic (exact) mass is 502 g/mol. The van der Waals surface area contributed by atoms with Crippen molar-refractivity contribution in [2.24, 2.45) is 0 Å². The van der Waals surface area contributed by atoms with Crippen LogP contribution in [0.1, 0.15) is 16.5 Å². The lowest BCUT2D eigenvalue weighted by atomic mass is 10.2. The average molecular weight is 503 g/mol. The van der Waals surface area contributed by atoms with Crippen molar-refractivity contribution < 1.29 is 14.3 Å². The Morgan fingerprint density at radius 2 is 1.69 bits per heavy atom. The maximum atomic E-state index is 14.0. The maximum Gasteiger partial charge on any atom is 0.412 e. The van der Waals surface area contributed by atoms with Crippen LogP contribution in [0.3, 0.4) is 0 Å². The number of thiazole rings is 1. The van der Waals surface area contributed by atoms with Crippen molar-refractivity contribution in [1.29, 1.82) is 0 Å². The van der Waals surface area contributed by atoms with Gasteiger partial charge in [-0.25, -0.2) is 9.78 Å². The van der Waals surface area contributed by atoms with Crippen LogP contribution in [0.4, 0.5) is 15.6 Å².